The molecule has 0 saturated heterocycles. The van der Waals surface area contributed by atoms with Crippen molar-refractivity contribution in [3.8, 4) is 22.6 Å². The molecule has 0 fully saturated rings. The number of H-pyrrole nitrogens is 1. The minimum atomic E-state index is -0.379. The highest BCUT2D eigenvalue weighted by atomic mass is 16.5. The molecule has 0 radical (unpaired) electrons. The number of carbonyl (C=O) groups excluding carboxylic acids is 2. The van der Waals surface area contributed by atoms with Gasteiger partial charge < -0.3 is 19.7 Å². The van der Waals surface area contributed by atoms with Crippen molar-refractivity contribution >= 4 is 17.5 Å². The third-order valence-corrected chi connectivity index (χ3v) is 5.28. The van der Waals surface area contributed by atoms with Crippen LogP contribution in [0.2, 0.25) is 0 Å². The highest BCUT2D eigenvalue weighted by molar-refractivity contribution is 5.96. The fourth-order valence-electron chi connectivity index (χ4n) is 3.57. The standard InChI is InChI=1S/C23H24N4O4/c1-27(2)23(29)15-5-7-20-16(8-15)9-17(13-31-20)22(28)26-19-6-4-14(10-21(19)30-3)18-11-24-25-12-18/h4-8,10-12,17H,9,13H2,1-3H3,(H,24,25)(H,26,28). The third-order valence-electron chi connectivity index (χ3n) is 5.28. The fraction of sp³-hybridized carbons (Fsp3) is 0.261. The summed E-state index contributed by atoms with van der Waals surface area (Å²) < 4.78 is 11.3. The van der Waals surface area contributed by atoms with Crippen LogP contribution in [0.4, 0.5) is 5.69 Å². The van der Waals surface area contributed by atoms with E-state index < -0.39 is 0 Å². The van der Waals surface area contributed by atoms with Gasteiger partial charge in [-0.25, -0.2) is 0 Å². The molecule has 0 spiro atoms. The number of aromatic nitrogens is 2. The van der Waals surface area contributed by atoms with E-state index in [9.17, 15) is 9.59 Å². The first-order chi connectivity index (χ1) is 15.0. The summed E-state index contributed by atoms with van der Waals surface area (Å²) in [6.07, 6.45) is 4.00. The number of carbonyl (C=O) groups is 2. The smallest absolute Gasteiger partial charge is 0.253 e. The maximum Gasteiger partial charge on any atom is 0.253 e. The molecule has 1 atom stereocenters. The number of fused-ring (bicyclic) bond motifs is 1. The van der Waals surface area contributed by atoms with Crippen LogP contribution in [0.15, 0.2) is 48.8 Å². The number of hydrogen-bond acceptors (Lipinski definition) is 5. The first-order valence-electron chi connectivity index (χ1n) is 9.91. The molecule has 160 valence electrons. The van der Waals surface area contributed by atoms with Crippen molar-refractivity contribution in [2.45, 2.75) is 6.42 Å². The molecule has 2 heterocycles. The number of hydrogen-bond donors (Lipinski definition) is 2. The maximum atomic E-state index is 12.9. The van der Waals surface area contributed by atoms with Gasteiger partial charge in [-0.1, -0.05) is 6.07 Å². The Hall–Kier alpha value is -3.81. The molecule has 2 aromatic carbocycles. The second-order valence-corrected chi connectivity index (χ2v) is 7.63. The lowest BCUT2D eigenvalue weighted by Gasteiger charge is -2.25. The van der Waals surface area contributed by atoms with Gasteiger partial charge in [0.1, 0.15) is 18.1 Å². The van der Waals surface area contributed by atoms with Gasteiger partial charge in [-0.3, -0.25) is 14.7 Å². The Balaban J connectivity index is 1.50. The van der Waals surface area contributed by atoms with Gasteiger partial charge in [0.15, 0.2) is 0 Å². The molecule has 31 heavy (non-hydrogen) atoms. The van der Waals surface area contributed by atoms with E-state index >= 15 is 0 Å². The zero-order chi connectivity index (χ0) is 22.0. The predicted molar refractivity (Wildman–Crippen MR) is 116 cm³/mol. The highest BCUT2D eigenvalue weighted by Crippen LogP contribution is 2.32. The summed E-state index contributed by atoms with van der Waals surface area (Å²) in [6.45, 7) is 0.273. The van der Waals surface area contributed by atoms with Gasteiger partial charge in [-0.05, 0) is 47.9 Å². The van der Waals surface area contributed by atoms with Crippen LogP contribution in [0.1, 0.15) is 15.9 Å². The molecule has 1 unspecified atom stereocenters. The van der Waals surface area contributed by atoms with Crippen molar-refractivity contribution in [3.63, 3.8) is 0 Å². The minimum absolute atomic E-state index is 0.0863. The zero-order valence-corrected chi connectivity index (χ0v) is 17.6. The van der Waals surface area contributed by atoms with Crippen LogP contribution in [0.5, 0.6) is 11.5 Å². The largest absolute Gasteiger partial charge is 0.495 e. The van der Waals surface area contributed by atoms with E-state index in [-0.39, 0.29) is 24.3 Å². The van der Waals surface area contributed by atoms with E-state index in [0.717, 1.165) is 16.7 Å². The molecule has 8 heteroatoms. The zero-order valence-electron chi connectivity index (χ0n) is 17.6. The van der Waals surface area contributed by atoms with E-state index in [0.29, 0.717) is 29.2 Å². The molecule has 2 amide bonds. The second kappa shape index (κ2) is 8.51. The molecular formula is C23H24N4O4. The number of amides is 2. The molecule has 0 aliphatic carbocycles. The van der Waals surface area contributed by atoms with Crippen LogP contribution in [0, 0.1) is 5.92 Å². The normalized spacial score (nSPS) is 14.9. The second-order valence-electron chi connectivity index (χ2n) is 7.63. The Morgan fingerprint density at radius 3 is 2.74 bits per heavy atom. The molecule has 1 aromatic heterocycles. The van der Waals surface area contributed by atoms with Crippen LogP contribution in [-0.4, -0.2) is 54.7 Å². The Labute approximate surface area is 180 Å². The monoisotopic (exact) mass is 420 g/mol. The van der Waals surface area contributed by atoms with Crippen molar-refractivity contribution in [2.75, 3.05) is 33.1 Å². The van der Waals surface area contributed by atoms with Gasteiger partial charge in [-0.15, -0.1) is 0 Å². The van der Waals surface area contributed by atoms with Gasteiger partial charge in [0.25, 0.3) is 5.91 Å². The molecule has 3 aromatic rings. The quantitative estimate of drug-likeness (QED) is 0.662. The summed E-state index contributed by atoms with van der Waals surface area (Å²) in [7, 11) is 4.98. The SMILES string of the molecule is COc1cc(-c2cn[nH]c2)ccc1NC(=O)C1COc2ccc(C(=O)N(C)C)cc2C1. The Bertz CT molecular complexity index is 1110. The van der Waals surface area contributed by atoms with Crippen molar-refractivity contribution in [1.82, 2.24) is 15.1 Å². The summed E-state index contributed by atoms with van der Waals surface area (Å²) in [4.78, 5) is 26.7. The average Bonchev–Trinajstić information content (AvgIpc) is 3.33. The van der Waals surface area contributed by atoms with E-state index in [2.05, 4.69) is 15.5 Å². The Morgan fingerprint density at radius 1 is 1.19 bits per heavy atom. The number of nitrogens with zero attached hydrogens (tertiary/aromatic N) is 2. The van der Waals surface area contributed by atoms with Gasteiger partial charge in [0, 0.05) is 31.4 Å². The Morgan fingerprint density at radius 2 is 2.03 bits per heavy atom. The molecular weight excluding hydrogens is 396 g/mol. The molecule has 8 nitrogen and oxygen atoms in total. The van der Waals surface area contributed by atoms with Gasteiger partial charge in [-0.2, -0.15) is 5.10 Å². The summed E-state index contributed by atoms with van der Waals surface area (Å²) in [5.74, 6) is 0.640. The minimum Gasteiger partial charge on any atom is -0.495 e. The highest BCUT2D eigenvalue weighted by Gasteiger charge is 2.27. The summed E-state index contributed by atoms with van der Waals surface area (Å²) in [5, 5.41) is 9.69. The van der Waals surface area contributed by atoms with E-state index in [4.69, 9.17) is 9.47 Å². The van der Waals surface area contributed by atoms with Crippen LogP contribution in [-0.2, 0) is 11.2 Å². The van der Waals surface area contributed by atoms with Crippen molar-refractivity contribution in [2.24, 2.45) is 5.92 Å². The first-order valence-corrected chi connectivity index (χ1v) is 9.91. The molecule has 0 bridgehead atoms. The maximum absolute atomic E-state index is 12.9. The van der Waals surface area contributed by atoms with Crippen LogP contribution >= 0.6 is 0 Å². The van der Waals surface area contributed by atoms with Crippen LogP contribution < -0.4 is 14.8 Å². The first kappa shape index (κ1) is 20.5. The molecule has 2 N–H and O–H groups in total. The van der Waals surface area contributed by atoms with E-state index in [1.165, 1.54) is 4.90 Å². The van der Waals surface area contributed by atoms with Crippen molar-refractivity contribution in [1.29, 1.82) is 0 Å². The third kappa shape index (κ3) is 4.23. The number of aromatic amines is 1. The number of nitrogens with one attached hydrogen (secondary N) is 2. The molecule has 0 saturated carbocycles. The lowest BCUT2D eigenvalue weighted by atomic mass is 9.94. The van der Waals surface area contributed by atoms with Gasteiger partial charge in [0.05, 0.1) is 24.9 Å². The molecule has 1 aliphatic heterocycles. The number of anilines is 1. The lowest BCUT2D eigenvalue weighted by molar-refractivity contribution is -0.121. The fourth-order valence-corrected chi connectivity index (χ4v) is 3.57. The Kier molecular flexibility index (Phi) is 5.62. The van der Waals surface area contributed by atoms with Gasteiger partial charge >= 0.3 is 0 Å². The summed E-state index contributed by atoms with van der Waals surface area (Å²) >= 11 is 0. The van der Waals surface area contributed by atoms with Crippen molar-refractivity contribution < 1.29 is 19.1 Å². The molecule has 1 aliphatic rings. The predicted octanol–water partition coefficient (Wildman–Crippen LogP) is 2.98. The number of rotatable bonds is 5. The van der Waals surface area contributed by atoms with Crippen LogP contribution in [0.25, 0.3) is 11.1 Å². The van der Waals surface area contributed by atoms with Crippen molar-refractivity contribution in [3.05, 3.63) is 59.9 Å². The summed E-state index contributed by atoms with van der Waals surface area (Å²) in [5.41, 5.74) is 3.86. The van der Waals surface area contributed by atoms with E-state index in [1.54, 1.807) is 51.8 Å². The average molecular weight is 420 g/mol. The summed E-state index contributed by atoms with van der Waals surface area (Å²) in [6, 6.07) is 10.9. The molecule has 4 rings (SSSR count). The number of ether oxygens (including phenoxy) is 2. The number of methoxy groups -OCH3 is 1. The lowest BCUT2D eigenvalue weighted by Crippen LogP contribution is -2.33. The van der Waals surface area contributed by atoms with E-state index in [1.807, 2.05) is 18.2 Å². The van der Waals surface area contributed by atoms with Crippen LogP contribution in [0.3, 0.4) is 0 Å². The topological polar surface area (TPSA) is 96.5 Å². The van der Waals surface area contributed by atoms with Gasteiger partial charge in [0.2, 0.25) is 5.91 Å². The number of benzene rings is 2.